The van der Waals surface area contributed by atoms with Crippen LogP contribution in [0.4, 0.5) is 5.69 Å². The minimum atomic E-state index is -0.669. The molecule has 1 atom stereocenters. The Balaban J connectivity index is 2.16. The summed E-state index contributed by atoms with van der Waals surface area (Å²) in [5.41, 5.74) is 1.33. The minimum Gasteiger partial charge on any atom is -0.365 e. The van der Waals surface area contributed by atoms with Gasteiger partial charge in [-0.1, -0.05) is 22.9 Å². The summed E-state index contributed by atoms with van der Waals surface area (Å²) in [6, 6.07) is 5.90. The predicted molar refractivity (Wildman–Crippen MR) is 75.7 cm³/mol. The number of ether oxygens (including phenoxy) is 1. The lowest BCUT2D eigenvalue weighted by molar-refractivity contribution is -0.133. The first kappa shape index (κ1) is 13.6. The van der Waals surface area contributed by atoms with E-state index >= 15 is 0 Å². The van der Waals surface area contributed by atoms with Crippen LogP contribution in [0.2, 0.25) is 0 Å². The summed E-state index contributed by atoms with van der Waals surface area (Å²) in [6.45, 7) is 4.61. The summed E-state index contributed by atoms with van der Waals surface area (Å²) in [4.78, 5) is 12.2. The first-order chi connectivity index (χ1) is 8.55. The zero-order valence-corrected chi connectivity index (χ0v) is 12.3. The number of halogens is 1. The van der Waals surface area contributed by atoms with Crippen LogP contribution in [0.5, 0.6) is 0 Å². The molecular weight excluding hydrogens is 294 g/mol. The van der Waals surface area contributed by atoms with Gasteiger partial charge in [-0.05, 0) is 49.9 Å². The Bertz CT molecular complexity index is 453. The van der Waals surface area contributed by atoms with Gasteiger partial charge in [0.1, 0.15) is 5.60 Å². The van der Waals surface area contributed by atoms with E-state index in [1.807, 2.05) is 25.1 Å². The Morgan fingerprint density at radius 1 is 1.56 bits per heavy atom. The molecule has 1 amide bonds. The lowest BCUT2D eigenvalue weighted by Gasteiger charge is -2.22. The quantitative estimate of drug-likeness (QED) is 0.927. The molecule has 0 bridgehead atoms. The number of hydrogen-bond donors (Lipinski definition) is 1. The zero-order valence-electron chi connectivity index (χ0n) is 10.8. The summed E-state index contributed by atoms with van der Waals surface area (Å²) in [5.74, 6) is -0.0444. The van der Waals surface area contributed by atoms with Crippen LogP contribution in [0.1, 0.15) is 32.3 Å². The van der Waals surface area contributed by atoms with Gasteiger partial charge in [0.05, 0.1) is 0 Å². The Hall–Kier alpha value is -0.870. The number of rotatable bonds is 3. The van der Waals surface area contributed by atoms with E-state index in [1.54, 1.807) is 0 Å². The molecule has 1 heterocycles. The number of benzene rings is 1. The van der Waals surface area contributed by atoms with Crippen LogP contribution in [0, 0.1) is 0 Å². The topological polar surface area (TPSA) is 38.3 Å². The molecule has 0 saturated carbocycles. The van der Waals surface area contributed by atoms with Crippen molar-refractivity contribution in [1.29, 1.82) is 0 Å². The minimum absolute atomic E-state index is 0.0444. The molecule has 1 aliphatic rings. The SMILES string of the molecule is CCc1cc(Br)ccc1NC(=O)C1(C)CCCO1. The molecule has 1 fully saturated rings. The molecule has 1 saturated heterocycles. The number of carbonyl (C=O) groups excluding carboxylic acids is 1. The second-order valence-electron chi connectivity index (χ2n) is 4.79. The molecule has 3 nitrogen and oxygen atoms in total. The van der Waals surface area contributed by atoms with Gasteiger partial charge in [-0.25, -0.2) is 0 Å². The smallest absolute Gasteiger partial charge is 0.256 e. The highest BCUT2D eigenvalue weighted by Crippen LogP contribution is 2.28. The zero-order chi connectivity index (χ0) is 13.2. The Morgan fingerprint density at radius 2 is 2.33 bits per heavy atom. The van der Waals surface area contributed by atoms with Gasteiger partial charge in [0.25, 0.3) is 5.91 Å². The molecule has 1 unspecified atom stereocenters. The highest BCUT2D eigenvalue weighted by molar-refractivity contribution is 9.10. The molecule has 18 heavy (non-hydrogen) atoms. The van der Waals surface area contributed by atoms with Crippen LogP contribution in [-0.4, -0.2) is 18.1 Å². The summed E-state index contributed by atoms with van der Waals surface area (Å²) < 4.78 is 6.58. The second-order valence-corrected chi connectivity index (χ2v) is 5.71. The van der Waals surface area contributed by atoms with Gasteiger partial charge in [0.15, 0.2) is 0 Å². The van der Waals surface area contributed by atoms with E-state index < -0.39 is 5.60 Å². The lowest BCUT2D eigenvalue weighted by Crippen LogP contribution is -2.39. The van der Waals surface area contributed by atoms with Crippen molar-refractivity contribution in [3.8, 4) is 0 Å². The fourth-order valence-electron chi connectivity index (χ4n) is 2.19. The van der Waals surface area contributed by atoms with Gasteiger partial charge >= 0.3 is 0 Å². The molecule has 0 aromatic heterocycles. The van der Waals surface area contributed by atoms with E-state index in [9.17, 15) is 4.79 Å². The molecular formula is C14H18BrNO2. The third-order valence-corrected chi connectivity index (χ3v) is 3.89. The lowest BCUT2D eigenvalue weighted by atomic mass is 10.0. The third kappa shape index (κ3) is 2.75. The summed E-state index contributed by atoms with van der Waals surface area (Å²) >= 11 is 3.44. The molecule has 1 aromatic carbocycles. The van der Waals surface area contributed by atoms with Crippen molar-refractivity contribution in [3.05, 3.63) is 28.2 Å². The molecule has 0 aliphatic carbocycles. The van der Waals surface area contributed by atoms with Crippen molar-refractivity contribution in [2.24, 2.45) is 0 Å². The average Bonchev–Trinajstić information content (AvgIpc) is 2.79. The van der Waals surface area contributed by atoms with E-state index in [0.717, 1.165) is 35.0 Å². The predicted octanol–water partition coefficient (Wildman–Crippen LogP) is 3.52. The first-order valence-electron chi connectivity index (χ1n) is 6.29. The van der Waals surface area contributed by atoms with E-state index in [2.05, 4.69) is 28.2 Å². The van der Waals surface area contributed by atoms with Crippen molar-refractivity contribution in [2.45, 2.75) is 38.7 Å². The second kappa shape index (κ2) is 5.41. The fraction of sp³-hybridized carbons (Fsp3) is 0.500. The standard InChI is InChI=1S/C14H18BrNO2/c1-3-10-9-11(15)5-6-12(10)16-13(17)14(2)7-4-8-18-14/h5-6,9H,3-4,7-8H2,1-2H3,(H,16,17). The van der Waals surface area contributed by atoms with Gasteiger partial charge in [-0.2, -0.15) is 0 Å². The molecule has 98 valence electrons. The maximum absolute atomic E-state index is 12.2. The van der Waals surface area contributed by atoms with Crippen molar-refractivity contribution in [3.63, 3.8) is 0 Å². The van der Waals surface area contributed by atoms with Gasteiger partial charge in [0.2, 0.25) is 0 Å². The van der Waals surface area contributed by atoms with Gasteiger partial charge in [-0.15, -0.1) is 0 Å². The highest BCUT2D eigenvalue weighted by atomic mass is 79.9. The van der Waals surface area contributed by atoms with Crippen LogP contribution >= 0.6 is 15.9 Å². The van der Waals surface area contributed by atoms with Crippen LogP contribution in [0.3, 0.4) is 0 Å². The number of hydrogen-bond acceptors (Lipinski definition) is 2. The van der Waals surface area contributed by atoms with Crippen LogP contribution in [-0.2, 0) is 16.0 Å². The monoisotopic (exact) mass is 311 g/mol. The third-order valence-electron chi connectivity index (χ3n) is 3.40. The molecule has 0 radical (unpaired) electrons. The van der Waals surface area contributed by atoms with Crippen molar-refractivity contribution in [2.75, 3.05) is 11.9 Å². The molecule has 2 rings (SSSR count). The number of amides is 1. The van der Waals surface area contributed by atoms with Gasteiger partial charge in [-0.3, -0.25) is 4.79 Å². The molecule has 0 spiro atoms. The molecule has 1 aromatic rings. The Labute approximate surface area is 116 Å². The van der Waals surface area contributed by atoms with E-state index in [-0.39, 0.29) is 5.91 Å². The van der Waals surface area contributed by atoms with Crippen LogP contribution in [0.15, 0.2) is 22.7 Å². The normalized spacial score (nSPS) is 23.1. The van der Waals surface area contributed by atoms with E-state index in [0.29, 0.717) is 6.61 Å². The number of aryl methyl sites for hydroxylation is 1. The van der Waals surface area contributed by atoms with E-state index in [4.69, 9.17) is 4.74 Å². The van der Waals surface area contributed by atoms with Crippen molar-refractivity contribution < 1.29 is 9.53 Å². The summed E-state index contributed by atoms with van der Waals surface area (Å²) in [7, 11) is 0. The van der Waals surface area contributed by atoms with Crippen LogP contribution < -0.4 is 5.32 Å². The number of nitrogens with one attached hydrogen (secondary N) is 1. The number of anilines is 1. The van der Waals surface area contributed by atoms with Gasteiger partial charge < -0.3 is 10.1 Å². The molecule has 4 heteroatoms. The molecule has 1 N–H and O–H groups in total. The largest absolute Gasteiger partial charge is 0.365 e. The van der Waals surface area contributed by atoms with E-state index in [1.165, 1.54) is 0 Å². The van der Waals surface area contributed by atoms with Crippen LogP contribution in [0.25, 0.3) is 0 Å². The number of carbonyl (C=O) groups is 1. The van der Waals surface area contributed by atoms with Crippen molar-refractivity contribution >= 4 is 27.5 Å². The summed E-state index contributed by atoms with van der Waals surface area (Å²) in [5, 5.41) is 2.99. The summed E-state index contributed by atoms with van der Waals surface area (Å²) in [6.07, 6.45) is 2.62. The van der Waals surface area contributed by atoms with Crippen molar-refractivity contribution in [1.82, 2.24) is 0 Å². The maximum atomic E-state index is 12.2. The first-order valence-corrected chi connectivity index (χ1v) is 7.08. The Morgan fingerprint density at radius 3 is 2.94 bits per heavy atom. The maximum Gasteiger partial charge on any atom is 0.256 e. The average molecular weight is 312 g/mol. The van der Waals surface area contributed by atoms with Gasteiger partial charge in [0, 0.05) is 16.8 Å². The Kier molecular flexibility index (Phi) is 4.07. The highest BCUT2D eigenvalue weighted by Gasteiger charge is 2.37. The fourth-order valence-corrected chi connectivity index (χ4v) is 2.60. The molecule has 1 aliphatic heterocycles.